The normalized spacial score (nSPS) is 18.5. The Bertz CT molecular complexity index is 595. The molecule has 7 nitrogen and oxygen atoms in total. The molecule has 3 rings (SSSR count). The van der Waals surface area contributed by atoms with Crippen LogP contribution in [-0.2, 0) is 9.59 Å². The molecule has 0 spiro atoms. The summed E-state index contributed by atoms with van der Waals surface area (Å²) in [5.74, 6) is 1.57. The van der Waals surface area contributed by atoms with Gasteiger partial charge < -0.3 is 15.2 Å². The summed E-state index contributed by atoms with van der Waals surface area (Å²) >= 11 is 1.40. The van der Waals surface area contributed by atoms with Crippen molar-refractivity contribution in [3.63, 3.8) is 0 Å². The summed E-state index contributed by atoms with van der Waals surface area (Å²) in [5.41, 5.74) is 0. The molecule has 1 heterocycles. The number of carbonyl (C=O) groups is 2. The molecule has 0 bridgehead atoms. The molecular weight excluding hydrogens is 314 g/mol. The minimum atomic E-state index is -0.522. The Morgan fingerprint density at radius 2 is 2.04 bits per heavy atom. The van der Waals surface area contributed by atoms with Gasteiger partial charge in [-0.25, -0.2) is 0 Å². The van der Waals surface area contributed by atoms with E-state index in [-0.39, 0.29) is 17.6 Å². The van der Waals surface area contributed by atoms with Crippen molar-refractivity contribution in [1.82, 2.24) is 25.4 Å². The van der Waals surface area contributed by atoms with E-state index >= 15 is 0 Å². The maximum absolute atomic E-state index is 12.0. The highest BCUT2D eigenvalue weighted by Crippen LogP contribution is 2.45. The molecule has 1 aromatic heterocycles. The van der Waals surface area contributed by atoms with Crippen LogP contribution in [0.4, 0.5) is 0 Å². The predicted molar refractivity (Wildman–Crippen MR) is 87.3 cm³/mol. The summed E-state index contributed by atoms with van der Waals surface area (Å²) < 4.78 is 2.23. The van der Waals surface area contributed by atoms with E-state index in [1.807, 2.05) is 6.92 Å². The van der Waals surface area contributed by atoms with Gasteiger partial charge in [0.15, 0.2) is 5.16 Å². The van der Waals surface area contributed by atoms with Crippen molar-refractivity contribution in [2.75, 3.05) is 12.3 Å². The average molecular weight is 337 g/mol. The first kappa shape index (κ1) is 16.3. The highest BCUT2D eigenvalue weighted by Gasteiger charge is 2.36. The van der Waals surface area contributed by atoms with Crippen LogP contribution in [0.3, 0.4) is 0 Å². The summed E-state index contributed by atoms with van der Waals surface area (Å²) in [7, 11) is 0. The first-order chi connectivity index (χ1) is 11.1. The lowest BCUT2D eigenvalue weighted by Crippen LogP contribution is -2.45. The monoisotopic (exact) mass is 337 g/mol. The number of amides is 2. The smallest absolute Gasteiger partial charge is 0.242 e. The molecule has 2 aliphatic carbocycles. The lowest BCUT2D eigenvalue weighted by atomic mass is 10.3. The highest BCUT2D eigenvalue weighted by molar-refractivity contribution is 7.99. The molecule has 8 heteroatoms. The summed E-state index contributed by atoms with van der Waals surface area (Å²) in [6.45, 7) is 4.10. The van der Waals surface area contributed by atoms with Gasteiger partial charge in [-0.2, -0.15) is 0 Å². The summed E-state index contributed by atoms with van der Waals surface area (Å²) in [4.78, 5) is 23.6. The fourth-order valence-electron chi connectivity index (χ4n) is 2.49. The Kier molecular flexibility index (Phi) is 4.89. The first-order valence-electron chi connectivity index (χ1n) is 8.24. The van der Waals surface area contributed by atoms with E-state index in [1.165, 1.54) is 37.4 Å². The molecule has 0 radical (unpaired) electrons. The number of hydrogen-bond acceptors (Lipinski definition) is 5. The Hall–Kier alpha value is -1.57. The quantitative estimate of drug-likeness (QED) is 0.696. The van der Waals surface area contributed by atoms with Gasteiger partial charge in [0, 0.05) is 18.5 Å². The number of rotatable bonds is 8. The molecule has 2 saturated carbocycles. The molecular formula is C15H23N5O2S. The van der Waals surface area contributed by atoms with Crippen LogP contribution in [0.15, 0.2) is 5.16 Å². The van der Waals surface area contributed by atoms with Crippen molar-refractivity contribution < 1.29 is 9.59 Å². The second-order valence-electron chi connectivity index (χ2n) is 6.19. The van der Waals surface area contributed by atoms with Crippen LogP contribution in [0.5, 0.6) is 0 Å². The van der Waals surface area contributed by atoms with E-state index in [4.69, 9.17) is 0 Å². The van der Waals surface area contributed by atoms with E-state index in [2.05, 4.69) is 25.4 Å². The van der Waals surface area contributed by atoms with Crippen LogP contribution in [0.25, 0.3) is 0 Å². The van der Waals surface area contributed by atoms with Crippen LogP contribution in [0.1, 0.15) is 57.3 Å². The van der Waals surface area contributed by atoms with Crippen LogP contribution in [0.2, 0.25) is 0 Å². The van der Waals surface area contributed by atoms with Gasteiger partial charge in [0.25, 0.3) is 0 Å². The molecule has 2 aliphatic rings. The van der Waals surface area contributed by atoms with Gasteiger partial charge in [-0.05, 0) is 39.5 Å². The molecule has 2 amide bonds. The van der Waals surface area contributed by atoms with E-state index in [1.54, 1.807) is 6.92 Å². The van der Waals surface area contributed by atoms with Crippen LogP contribution >= 0.6 is 11.8 Å². The number of carbonyl (C=O) groups excluding carboxylic acids is 2. The fourth-order valence-corrected chi connectivity index (χ4v) is 3.31. The third kappa shape index (κ3) is 4.04. The topological polar surface area (TPSA) is 88.9 Å². The molecule has 2 fully saturated rings. The Balaban J connectivity index is 1.54. The first-order valence-corrected chi connectivity index (χ1v) is 9.23. The van der Waals surface area contributed by atoms with E-state index in [0.29, 0.717) is 18.5 Å². The van der Waals surface area contributed by atoms with Crippen molar-refractivity contribution >= 4 is 23.6 Å². The van der Waals surface area contributed by atoms with Gasteiger partial charge in [0.1, 0.15) is 11.9 Å². The van der Waals surface area contributed by atoms with Gasteiger partial charge in [-0.3, -0.25) is 9.59 Å². The maximum atomic E-state index is 12.0. The fraction of sp³-hybridized carbons (Fsp3) is 0.733. The third-order valence-corrected chi connectivity index (χ3v) is 4.94. The standard InChI is InChI=1S/C15H23N5O2S/c1-3-16-14(22)9(2)17-12(21)8-23-15-19-18-13(10-4-5-10)20(15)11-6-7-11/h9-11H,3-8H2,1-2H3,(H,16,22)(H,17,21)/t9-/m0/s1. The summed E-state index contributed by atoms with van der Waals surface area (Å²) in [5, 5.41) is 14.8. The van der Waals surface area contributed by atoms with Gasteiger partial charge in [0.05, 0.1) is 5.75 Å². The summed E-state index contributed by atoms with van der Waals surface area (Å²) in [6.07, 6.45) is 4.73. The lowest BCUT2D eigenvalue weighted by Gasteiger charge is -2.13. The lowest BCUT2D eigenvalue weighted by molar-refractivity contribution is -0.127. The van der Waals surface area contributed by atoms with Crippen molar-refractivity contribution in [1.29, 1.82) is 0 Å². The SMILES string of the molecule is CCNC(=O)[C@H](C)NC(=O)CSc1nnc(C2CC2)n1C1CC1. The zero-order chi connectivity index (χ0) is 16.4. The van der Waals surface area contributed by atoms with Crippen LogP contribution in [0, 0.1) is 0 Å². The molecule has 0 aliphatic heterocycles. The largest absolute Gasteiger partial charge is 0.355 e. The highest BCUT2D eigenvalue weighted by atomic mass is 32.2. The molecule has 126 valence electrons. The Morgan fingerprint density at radius 1 is 1.30 bits per heavy atom. The second-order valence-corrected chi connectivity index (χ2v) is 7.13. The predicted octanol–water partition coefficient (Wildman–Crippen LogP) is 1.22. The second kappa shape index (κ2) is 6.90. The minimum absolute atomic E-state index is 0.160. The van der Waals surface area contributed by atoms with Gasteiger partial charge in [-0.15, -0.1) is 10.2 Å². The Morgan fingerprint density at radius 3 is 2.65 bits per heavy atom. The number of likely N-dealkylation sites (N-methyl/N-ethyl adjacent to an activating group) is 1. The van der Waals surface area contributed by atoms with Crippen molar-refractivity contribution in [3.8, 4) is 0 Å². The minimum Gasteiger partial charge on any atom is -0.355 e. The number of hydrogen-bond donors (Lipinski definition) is 2. The number of nitrogens with zero attached hydrogens (tertiary/aromatic N) is 3. The molecule has 0 saturated heterocycles. The molecule has 0 unspecified atom stereocenters. The molecule has 0 aromatic carbocycles. The van der Waals surface area contributed by atoms with Crippen LogP contribution in [-0.4, -0.2) is 44.9 Å². The zero-order valence-electron chi connectivity index (χ0n) is 13.5. The van der Waals surface area contributed by atoms with Crippen LogP contribution < -0.4 is 10.6 Å². The number of thioether (sulfide) groups is 1. The van der Waals surface area contributed by atoms with E-state index in [9.17, 15) is 9.59 Å². The number of nitrogens with one attached hydrogen (secondary N) is 2. The van der Waals surface area contributed by atoms with E-state index < -0.39 is 6.04 Å². The van der Waals surface area contributed by atoms with Crippen molar-refractivity contribution in [3.05, 3.63) is 5.82 Å². The average Bonchev–Trinajstić information content (AvgIpc) is 3.44. The van der Waals surface area contributed by atoms with E-state index in [0.717, 1.165) is 11.0 Å². The van der Waals surface area contributed by atoms with Crippen molar-refractivity contribution in [2.45, 2.75) is 62.7 Å². The summed E-state index contributed by atoms with van der Waals surface area (Å²) in [6, 6.07) is -0.00760. The molecule has 1 aromatic rings. The zero-order valence-corrected chi connectivity index (χ0v) is 14.4. The van der Waals surface area contributed by atoms with Crippen molar-refractivity contribution in [2.24, 2.45) is 0 Å². The maximum Gasteiger partial charge on any atom is 0.242 e. The molecule has 2 N–H and O–H groups in total. The Labute approximate surface area is 140 Å². The number of aromatic nitrogens is 3. The molecule has 23 heavy (non-hydrogen) atoms. The van der Waals surface area contributed by atoms with Gasteiger partial charge >= 0.3 is 0 Å². The molecule has 1 atom stereocenters. The van der Waals surface area contributed by atoms with Gasteiger partial charge in [0.2, 0.25) is 11.8 Å². The third-order valence-electron chi connectivity index (χ3n) is 4.00. The van der Waals surface area contributed by atoms with Gasteiger partial charge in [-0.1, -0.05) is 11.8 Å².